The number of non-ortho nitro benzene ring substituents is 1. The van der Waals surface area contributed by atoms with Gasteiger partial charge in [0.1, 0.15) is 17.5 Å². The van der Waals surface area contributed by atoms with E-state index in [-0.39, 0.29) is 23.4 Å². The quantitative estimate of drug-likeness (QED) is 0.335. The van der Waals surface area contributed by atoms with Crippen LogP contribution in [-0.4, -0.2) is 52.3 Å². The molecule has 2 rings (SSSR count). The van der Waals surface area contributed by atoms with Gasteiger partial charge in [0.15, 0.2) is 0 Å². The second-order valence-electron chi connectivity index (χ2n) is 6.23. The third-order valence-electron chi connectivity index (χ3n) is 3.68. The summed E-state index contributed by atoms with van der Waals surface area (Å²) in [6, 6.07) is 7.85. The van der Waals surface area contributed by atoms with E-state index >= 15 is 0 Å². The van der Waals surface area contributed by atoms with Gasteiger partial charge in [-0.3, -0.25) is 15.1 Å². The number of nitrogens with zero attached hydrogens (tertiary/aromatic N) is 4. The maximum Gasteiger partial charge on any atom is 0.413 e. The van der Waals surface area contributed by atoms with Crippen molar-refractivity contribution in [3.8, 4) is 11.5 Å². The largest absolute Gasteiger partial charge is 0.507 e. The summed E-state index contributed by atoms with van der Waals surface area (Å²) in [6.07, 6.45) is -1.33. The predicted molar refractivity (Wildman–Crippen MR) is 104 cm³/mol. The number of nitro benzene ring substituents is 1. The van der Waals surface area contributed by atoms with Crippen molar-refractivity contribution in [3.63, 3.8) is 0 Å². The highest BCUT2D eigenvalue weighted by molar-refractivity contribution is 5.81. The second kappa shape index (κ2) is 9.82. The van der Waals surface area contributed by atoms with Gasteiger partial charge < -0.3 is 20.3 Å². The lowest BCUT2D eigenvalue weighted by molar-refractivity contribution is -0.384. The standard InChI is InChI=1S/C18H19N5O7/c1-22(2)21-20-12-4-7-14(8-5-12)30-18(27)19-15(17(25)26)9-11-3-6-13(23(28)29)10-16(11)24/h3-8,10,15,24H,9H2,1-2H3,(H,19,27)(H,25,26). The number of phenolic OH excluding ortho intramolecular Hbond substituents is 1. The average molecular weight is 417 g/mol. The Morgan fingerprint density at radius 1 is 1.23 bits per heavy atom. The summed E-state index contributed by atoms with van der Waals surface area (Å²) in [5.41, 5.74) is 0.293. The summed E-state index contributed by atoms with van der Waals surface area (Å²) in [6.45, 7) is 0. The van der Waals surface area contributed by atoms with Crippen molar-refractivity contribution in [3.05, 3.63) is 58.1 Å². The number of hydrogen-bond donors (Lipinski definition) is 3. The number of ether oxygens (including phenoxy) is 1. The highest BCUT2D eigenvalue weighted by Crippen LogP contribution is 2.25. The lowest BCUT2D eigenvalue weighted by Crippen LogP contribution is -2.43. The van der Waals surface area contributed by atoms with Crippen LogP contribution in [0.25, 0.3) is 0 Å². The van der Waals surface area contributed by atoms with Crippen molar-refractivity contribution < 1.29 is 29.5 Å². The number of nitro groups is 1. The van der Waals surface area contributed by atoms with Gasteiger partial charge in [-0.15, -0.1) is 5.11 Å². The van der Waals surface area contributed by atoms with Crippen LogP contribution in [0.3, 0.4) is 0 Å². The molecule has 0 aliphatic heterocycles. The minimum Gasteiger partial charge on any atom is -0.507 e. The van der Waals surface area contributed by atoms with Crippen molar-refractivity contribution in [2.75, 3.05) is 14.1 Å². The zero-order chi connectivity index (χ0) is 22.3. The normalized spacial score (nSPS) is 11.7. The minimum absolute atomic E-state index is 0.115. The molecule has 1 atom stereocenters. The van der Waals surface area contributed by atoms with Gasteiger partial charge in [-0.25, -0.2) is 9.59 Å². The van der Waals surface area contributed by atoms with Crippen LogP contribution in [0.1, 0.15) is 5.56 Å². The highest BCUT2D eigenvalue weighted by atomic mass is 16.6. The van der Waals surface area contributed by atoms with Gasteiger partial charge in [0.2, 0.25) is 0 Å². The number of carboxylic acids is 1. The Kier molecular flexibility index (Phi) is 7.22. The first-order valence-electron chi connectivity index (χ1n) is 8.52. The predicted octanol–water partition coefficient (Wildman–Crippen LogP) is 2.65. The van der Waals surface area contributed by atoms with Gasteiger partial charge in [-0.1, -0.05) is 5.22 Å². The number of phenols is 1. The van der Waals surface area contributed by atoms with Crippen molar-refractivity contribution >= 4 is 23.4 Å². The Hall–Kier alpha value is -4.22. The van der Waals surface area contributed by atoms with E-state index in [1.807, 2.05) is 0 Å². The number of rotatable bonds is 8. The first-order valence-corrected chi connectivity index (χ1v) is 8.52. The minimum atomic E-state index is -1.43. The fraction of sp³-hybridized carbons (Fsp3) is 0.222. The topological polar surface area (TPSA) is 167 Å². The lowest BCUT2D eigenvalue weighted by atomic mass is 10.0. The fourth-order valence-corrected chi connectivity index (χ4v) is 2.26. The molecule has 0 saturated carbocycles. The molecule has 158 valence electrons. The number of aliphatic carboxylic acids is 1. The summed E-state index contributed by atoms with van der Waals surface area (Å²) in [5, 5.41) is 41.4. The van der Waals surface area contributed by atoms with E-state index in [1.165, 1.54) is 23.2 Å². The molecule has 0 saturated heterocycles. The molecule has 12 nitrogen and oxygen atoms in total. The molecule has 0 aliphatic rings. The SMILES string of the molecule is CN(C)N=Nc1ccc(OC(=O)NC(Cc2ccc([N+](=O)[O-])cc2O)C(=O)O)cc1. The van der Waals surface area contributed by atoms with Gasteiger partial charge >= 0.3 is 12.1 Å². The van der Waals surface area contributed by atoms with E-state index in [0.29, 0.717) is 5.69 Å². The van der Waals surface area contributed by atoms with Crippen LogP contribution in [0.4, 0.5) is 16.2 Å². The number of amides is 1. The van der Waals surface area contributed by atoms with E-state index in [9.17, 15) is 29.9 Å². The molecule has 0 fully saturated rings. The van der Waals surface area contributed by atoms with Gasteiger partial charge in [0.05, 0.1) is 16.7 Å². The molecule has 0 bridgehead atoms. The first kappa shape index (κ1) is 22.1. The molecule has 0 aliphatic carbocycles. The van der Waals surface area contributed by atoms with Gasteiger partial charge in [-0.05, 0) is 35.9 Å². The molecule has 12 heteroatoms. The molecule has 0 spiro atoms. The van der Waals surface area contributed by atoms with Crippen LogP contribution in [-0.2, 0) is 11.2 Å². The number of benzene rings is 2. The molecule has 3 N–H and O–H groups in total. The molecule has 30 heavy (non-hydrogen) atoms. The number of carbonyl (C=O) groups excluding carboxylic acids is 1. The molecule has 0 aromatic heterocycles. The molecule has 2 aromatic rings. The summed E-state index contributed by atoms with van der Waals surface area (Å²) >= 11 is 0. The summed E-state index contributed by atoms with van der Waals surface area (Å²) in [4.78, 5) is 33.5. The Labute approximate surface area is 170 Å². The summed E-state index contributed by atoms with van der Waals surface area (Å²) < 4.78 is 5.05. The molecular formula is C18H19N5O7. The Morgan fingerprint density at radius 2 is 1.90 bits per heavy atom. The van der Waals surface area contributed by atoms with Crippen LogP contribution in [0, 0.1) is 10.1 Å². The van der Waals surface area contributed by atoms with Crippen LogP contribution in [0.15, 0.2) is 52.8 Å². The zero-order valence-electron chi connectivity index (χ0n) is 16.1. The van der Waals surface area contributed by atoms with Crippen molar-refractivity contribution in [2.24, 2.45) is 10.3 Å². The van der Waals surface area contributed by atoms with Crippen LogP contribution in [0.2, 0.25) is 0 Å². The number of nitrogens with one attached hydrogen (secondary N) is 1. The number of carboxylic acid groups (broad SMARTS) is 1. The number of carbonyl (C=O) groups is 2. The number of aromatic hydroxyl groups is 1. The van der Waals surface area contributed by atoms with E-state index in [2.05, 4.69) is 15.7 Å². The maximum absolute atomic E-state index is 12.0. The number of hydrogen-bond acceptors (Lipinski definition) is 8. The maximum atomic E-state index is 12.0. The molecule has 1 unspecified atom stereocenters. The molecule has 0 heterocycles. The average Bonchev–Trinajstić information content (AvgIpc) is 2.68. The fourth-order valence-electron chi connectivity index (χ4n) is 2.26. The monoisotopic (exact) mass is 417 g/mol. The van der Waals surface area contributed by atoms with E-state index < -0.39 is 28.8 Å². The van der Waals surface area contributed by atoms with E-state index in [4.69, 9.17) is 4.74 Å². The molecule has 0 radical (unpaired) electrons. The zero-order valence-corrected chi connectivity index (χ0v) is 16.1. The third kappa shape index (κ3) is 6.44. The molecule has 1 amide bonds. The highest BCUT2D eigenvalue weighted by Gasteiger charge is 2.23. The van der Waals surface area contributed by atoms with Crippen LogP contribution < -0.4 is 10.1 Å². The van der Waals surface area contributed by atoms with Crippen molar-refractivity contribution in [2.45, 2.75) is 12.5 Å². The smallest absolute Gasteiger partial charge is 0.413 e. The summed E-state index contributed by atoms with van der Waals surface area (Å²) in [7, 11) is 3.42. The van der Waals surface area contributed by atoms with Crippen molar-refractivity contribution in [1.82, 2.24) is 10.3 Å². The van der Waals surface area contributed by atoms with Crippen LogP contribution >= 0.6 is 0 Å². The molecular weight excluding hydrogens is 398 g/mol. The first-order chi connectivity index (χ1) is 14.2. The van der Waals surface area contributed by atoms with E-state index in [0.717, 1.165) is 12.1 Å². The van der Waals surface area contributed by atoms with Gasteiger partial charge in [-0.2, -0.15) is 0 Å². The Balaban J connectivity index is 2.02. The van der Waals surface area contributed by atoms with E-state index in [1.54, 1.807) is 26.2 Å². The lowest BCUT2D eigenvalue weighted by Gasteiger charge is -2.15. The Morgan fingerprint density at radius 3 is 2.43 bits per heavy atom. The Bertz CT molecular complexity index is 960. The third-order valence-corrected chi connectivity index (χ3v) is 3.68. The molecule has 2 aromatic carbocycles. The van der Waals surface area contributed by atoms with Gasteiger partial charge in [0, 0.05) is 26.6 Å². The summed E-state index contributed by atoms with van der Waals surface area (Å²) in [5.74, 6) is -1.67. The second-order valence-corrected chi connectivity index (χ2v) is 6.23. The van der Waals surface area contributed by atoms with Gasteiger partial charge in [0.25, 0.3) is 5.69 Å². The van der Waals surface area contributed by atoms with Crippen molar-refractivity contribution in [1.29, 1.82) is 0 Å². The van der Waals surface area contributed by atoms with Crippen LogP contribution in [0.5, 0.6) is 11.5 Å².